The van der Waals surface area contributed by atoms with Crippen molar-refractivity contribution in [3.63, 3.8) is 0 Å². The van der Waals surface area contributed by atoms with Gasteiger partial charge in [0.2, 0.25) is 0 Å². The molecule has 31 heavy (non-hydrogen) atoms. The third-order valence-corrected chi connectivity index (χ3v) is 7.37. The van der Waals surface area contributed by atoms with Gasteiger partial charge in [-0.25, -0.2) is 8.42 Å². The van der Waals surface area contributed by atoms with Crippen LogP contribution < -0.4 is 10.0 Å². The first-order valence-electron chi connectivity index (χ1n) is 9.33. The molecule has 1 amide bonds. The molecule has 0 unspecified atom stereocenters. The monoisotopic (exact) mass is 494 g/mol. The van der Waals surface area contributed by atoms with Gasteiger partial charge in [-0.1, -0.05) is 59.6 Å². The van der Waals surface area contributed by atoms with Gasteiger partial charge in [-0.3, -0.25) is 9.52 Å². The molecule has 0 bridgehead atoms. The number of sulfonamides is 1. The lowest BCUT2D eigenvalue weighted by Gasteiger charge is -2.11. The molecule has 9 heteroatoms. The molecule has 2 N–H and O–H groups in total. The molecule has 162 valence electrons. The van der Waals surface area contributed by atoms with Crippen LogP contribution in [0.25, 0.3) is 0 Å². The number of halogens is 2. The van der Waals surface area contributed by atoms with Gasteiger partial charge >= 0.3 is 0 Å². The van der Waals surface area contributed by atoms with Crippen molar-refractivity contribution in [2.24, 2.45) is 0 Å². The molecule has 0 aromatic heterocycles. The molecule has 0 spiro atoms. The highest BCUT2D eigenvalue weighted by Crippen LogP contribution is 2.23. The molecule has 5 nitrogen and oxygen atoms in total. The summed E-state index contributed by atoms with van der Waals surface area (Å²) in [7, 11) is -3.76. The average molecular weight is 495 g/mol. The van der Waals surface area contributed by atoms with Gasteiger partial charge in [0.15, 0.2) is 0 Å². The molecule has 0 fully saturated rings. The summed E-state index contributed by atoms with van der Waals surface area (Å²) in [5, 5.41) is 3.77. The molecule has 0 saturated heterocycles. The molecule has 0 aliphatic heterocycles. The number of hydrogen-bond acceptors (Lipinski definition) is 4. The van der Waals surface area contributed by atoms with E-state index in [9.17, 15) is 13.2 Å². The second-order valence-electron chi connectivity index (χ2n) is 6.51. The number of hydrogen-bond donors (Lipinski definition) is 2. The summed E-state index contributed by atoms with van der Waals surface area (Å²) in [4.78, 5) is 12.7. The molecule has 0 saturated carbocycles. The van der Waals surface area contributed by atoms with Crippen molar-refractivity contribution >= 4 is 56.6 Å². The topological polar surface area (TPSA) is 75.3 Å². The third kappa shape index (κ3) is 6.64. The van der Waals surface area contributed by atoms with E-state index >= 15 is 0 Å². The Balaban J connectivity index is 1.57. The fourth-order valence-corrected chi connectivity index (χ4v) is 5.12. The summed E-state index contributed by atoms with van der Waals surface area (Å²) in [5.41, 5.74) is 1.50. The fraction of sp³-hybridized carbons (Fsp3) is 0.136. The predicted molar refractivity (Wildman–Crippen MR) is 129 cm³/mol. The average Bonchev–Trinajstić information content (AvgIpc) is 2.76. The SMILES string of the molecule is O=C(NCCSCc1ccccc1Cl)c1cc(NS(=O)(=O)c2ccccc2)ccc1Cl. The Labute approximate surface area is 196 Å². The Morgan fingerprint density at radius 3 is 2.35 bits per heavy atom. The molecule has 3 rings (SSSR count). The molecule has 0 atom stereocenters. The van der Waals surface area contributed by atoms with Crippen LogP contribution >= 0.6 is 35.0 Å². The van der Waals surface area contributed by atoms with Crippen molar-refractivity contribution in [1.29, 1.82) is 0 Å². The first-order chi connectivity index (χ1) is 14.9. The van der Waals surface area contributed by atoms with Gasteiger partial charge in [-0.2, -0.15) is 11.8 Å². The summed E-state index contributed by atoms with van der Waals surface area (Å²) < 4.78 is 27.5. The molecule has 0 aliphatic rings. The Morgan fingerprint density at radius 1 is 0.903 bits per heavy atom. The Hall–Kier alpha value is -2.19. The van der Waals surface area contributed by atoms with E-state index in [1.54, 1.807) is 30.0 Å². The van der Waals surface area contributed by atoms with E-state index in [4.69, 9.17) is 23.2 Å². The fourth-order valence-electron chi connectivity index (χ4n) is 2.71. The number of thioether (sulfide) groups is 1. The van der Waals surface area contributed by atoms with Gasteiger partial charge in [-0.15, -0.1) is 0 Å². The summed E-state index contributed by atoms with van der Waals surface area (Å²) in [5.74, 6) is 1.06. The lowest BCUT2D eigenvalue weighted by Crippen LogP contribution is -2.26. The second kappa shape index (κ2) is 10.9. The van der Waals surface area contributed by atoms with Gasteiger partial charge in [0.05, 0.1) is 15.5 Å². The molecule has 0 heterocycles. The minimum atomic E-state index is -3.76. The number of carbonyl (C=O) groups excluding carboxylic acids is 1. The van der Waals surface area contributed by atoms with Crippen molar-refractivity contribution in [3.05, 3.63) is 94.0 Å². The van der Waals surface area contributed by atoms with E-state index in [1.807, 2.05) is 24.3 Å². The van der Waals surface area contributed by atoms with Gasteiger partial charge in [0.25, 0.3) is 15.9 Å². The molecule has 3 aromatic rings. The highest BCUT2D eigenvalue weighted by atomic mass is 35.5. The van der Waals surface area contributed by atoms with E-state index in [1.165, 1.54) is 30.3 Å². The van der Waals surface area contributed by atoms with Crippen LogP contribution in [0.1, 0.15) is 15.9 Å². The summed E-state index contributed by atoms with van der Waals surface area (Å²) >= 11 is 13.9. The maximum atomic E-state index is 12.5. The predicted octanol–water partition coefficient (Wildman–Crippen LogP) is 5.46. The summed E-state index contributed by atoms with van der Waals surface area (Å²) in [6, 6.07) is 20.1. The minimum absolute atomic E-state index is 0.131. The van der Waals surface area contributed by atoms with Crippen molar-refractivity contribution in [2.75, 3.05) is 17.0 Å². The molecular weight excluding hydrogens is 475 g/mol. The van der Waals surface area contributed by atoms with E-state index in [0.717, 1.165) is 16.3 Å². The second-order valence-corrected chi connectivity index (χ2v) is 10.1. The zero-order valence-corrected chi connectivity index (χ0v) is 19.5. The van der Waals surface area contributed by atoms with E-state index in [-0.39, 0.29) is 27.1 Å². The molecule has 0 radical (unpaired) electrons. The number of anilines is 1. The van der Waals surface area contributed by atoms with Crippen molar-refractivity contribution in [2.45, 2.75) is 10.6 Å². The lowest BCUT2D eigenvalue weighted by molar-refractivity contribution is 0.0956. The van der Waals surface area contributed by atoms with Crippen LogP contribution in [0.3, 0.4) is 0 Å². The first-order valence-corrected chi connectivity index (χ1v) is 12.7. The first kappa shape index (κ1) is 23.5. The quantitative estimate of drug-likeness (QED) is 0.387. The van der Waals surface area contributed by atoms with Crippen LogP contribution in [0.2, 0.25) is 10.0 Å². The summed E-state index contributed by atoms with van der Waals surface area (Å²) in [6.07, 6.45) is 0. The van der Waals surface area contributed by atoms with Gasteiger partial charge < -0.3 is 5.32 Å². The molecular formula is C22H20Cl2N2O3S2. The minimum Gasteiger partial charge on any atom is -0.351 e. The zero-order chi connectivity index (χ0) is 22.3. The van der Waals surface area contributed by atoms with Crippen molar-refractivity contribution < 1.29 is 13.2 Å². The van der Waals surface area contributed by atoms with Crippen LogP contribution in [0.4, 0.5) is 5.69 Å². The Bertz CT molecular complexity index is 1160. The van der Waals surface area contributed by atoms with Crippen LogP contribution in [0.5, 0.6) is 0 Å². The maximum Gasteiger partial charge on any atom is 0.261 e. The van der Waals surface area contributed by atoms with E-state index in [2.05, 4.69) is 10.0 Å². The van der Waals surface area contributed by atoms with E-state index in [0.29, 0.717) is 12.3 Å². The standard InChI is InChI=1S/C22H20Cl2N2O3S2/c23-20-9-5-4-6-16(20)15-30-13-12-25-22(27)19-14-17(10-11-21(19)24)26-31(28,29)18-7-2-1-3-8-18/h1-11,14,26H,12-13,15H2,(H,25,27). The van der Waals surface area contributed by atoms with Crippen LogP contribution in [0.15, 0.2) is 77.7 Å². The van der Waals surface area contributed by atoms with Gasteiger partial charge in [0, 0.05) is 28.8 Å². The molecule has 0 aliphatic carbocycles. The highest BCUT2D eigenvalue weighted by molar-refractivity contribution is 7.98. The molecule has 3 aromatic carbocycles. The van der Waals surface area contributed by atoms with E-state index < -0.39 is 10.0 Å². The summed E-state index contributed by atoms with van der Waals surface area (Å²) in [6.45, 7) is 0.435. The van der Waals surface area contributed by atoms with Crippen LogP contribution in [-0.4, -0.2) is 26.6 Å². The zero-order valence-electron chi connectivity index (χ0n) is 16.3. The largest absolute Gasteiger partial charge is 0.351 e. The number of amides is 1. The number of nitrogens with one attached hydrogen (secondary N) is 2. The number of benzene rings is 3. The number of rotatable bonds is 9. The highest BCUT2D eigenvalue weighted by Gasteiger charge is 2.16. The Kier molecular flexibility index (Phi) is 8.26. The van der Waals surface area contributed by atoms with Gasteiger partial charge in [0.1, 0.15) is 0 Å². The normalized spacial score (nSPS) is 11.2. The van der Waals surface area contributed by atoms with Crippen LogP contribution in [0, 0.1) is 0 Å². The Morgan fingerprint density at radius 2 is 1.61 bits per heavy atom. The lowest BCUT2D eigenvalue weighted by atomic mass is 10.2. The third-order valence-electron chi connectivity index (χ3n) is 4.26. The van der Waals surface area contributed by atoms with Gasteiger partial charge in [-0.05, 0) is 42.0 Å². The maximum absolute atomic E-state index is 12.5. The smallest absolute Gasteiger partial charge is 0.261 e. The number of carbonyl (C=O) groups is 1. The van der Waals surface area contributed by atoms with Crippen molar-refractivity contribution in [3.8, 4) is 0 Å². The van der Waals surface area contributed by atoms with Crippen molar-refractivity contribution in [1.82, 2.24) is 5.32 Å². The van der Waals surface area contributed by atoms with Crippen LogP contribution in [-0.2, 0) is 15.8 Å².